The van der Waals surface area contributed by atoms with E-state index < -0.39 is 0 Å². The second-order valence-electron chi connectivity index (χ2n) is 5.30. The minimum atomic E-state index is -0.0484. The van der Waals surface area contributed by atoms with E-state index in [2.05, 4.69) is 18.4 Å². The first kappa shape index (κ1) is 12.7. The molecule has 0 saturated carbocycles. The molecule has 18 heavy (non-hydrogen) atoms. The highest BCUT2D eigenvalue weighted by Gasteiger charge is 2.17. The van der Waals surface area contributed by atoms with Gasteiger partial charge < -0.3 is 10.2 Å². The molecule has 0 aliphatic heterocycles. The Bertz CT molecular complexity index is 589. The van der Waals surface area contributed by atoms with E-state index in [-0.39, 0.29) is 17.4 Å². The van der Waals surface area contributed by atoms with Crippen molar-refractivity contribution in [1.29, 1.82) is 0 Å². The van der Waals surface area contributed by atoms with Crippen LogP contribution in [0.1, 0.15) is 45.2 Å². The third-order valence-electron chi connectivity index (χ3n) is 3.27. The maximum atomic E-state index is 9.99. The molecular formula is C15H20NO2+. The van der Waals surface area contributed by atoms with E-state index in [0.29, 0.717) is 6.04 Å². The van der Waals surface area contributed by atoms with E-state index in [0.717, 1.165) is 16.3 Å². The first-order valence-corrected chi connectivity index (χ1v) is 6.31. The number of nitrogens with zero attached hydrogens (tertiary/aromatic N) is 1. The monoisotopic (exact) mass is 246 g/mol. The number of pyridine rings is 1. The van der Waals surface area contributed by atoms with Crippen molar-refractivity contribution in [3.63, 3.8) is 0 Å². The second kappa shape index (κ2) is 4.48. The largest absolute Gasteiger partial charge is 0.504 e. The molecule has 0 spiro atoms. The summed E-state index contributed by atoms with van der Waals surface area (Å²) in [7, 11) is 0. The highest BCUT2D eigenvalue weighted by molar-refractivity contribution is 5.89. The molecule has 2 N–H and O–H groups in total. The molecule has 0 amide bonds. The van der Waals surface area contributed by atoms with Crippen LogP contribution in [0.3, 0.4) is 0 Å². The topological polar surface area (TPSA) is 44.3 Å². The van der Waals surface area contributed by atoms with Crippen LogP contribution in [0.25, 0.3) is 10.8 Å². The summed E-state index contributed by atoms with van der Waals surface area (Å²) in [4.78, 5) is 0. The molecule has 0 unspecified atom stereocenters. The molecule has 0 atom stereocenters. The van der Waals surface area contributed by atoms with E-state index in [1.165, 1.54) is 0 Å². The Morgan fingerprint density at radius 2 is 1.78 bits per heavy atom. The zero-order valence-corrected chi connectivity index (χ0v) is 11.3. The van der Waals surface area contributed by atoms with Crippen molar-refractivity contribution in [2.24, 2.45) is 0 Å². The van der Waals surface area contributed by atoms with Gasteiger partial charge in [0.15, 0.2) is 29.9 Å². The minimum absolute atomic E-state index is 0.000188. The molecule has 0 bridgehead atoms. The van der Waals surface area contributed by atoms with Gasteiger partial charge in [-0.05, 0) is 25.8 Å². The van der Waals surface area contributed by atoms with E-state index in [4.69, 9.17) is 0 Å². The van der Waals surface area contributed by atoms with Crippen molar-refractivity contribution < 1.29 is 14.8 Å². The lowest BCUT2D eigenvalue weighted by Gasteiger charge is -2.13. The van der Waals surface area contributed by atoms with E-state index in [1.807, 2.05) is 32.3 Å². The van der Waals surface area contributed by atoms with Crippen molar-refractivity contribution in [2.45, 2.75) is 39.7 Å². The van der Waals surface area contributed by atoms with Crippen molar-refractivity contribution in [2.75, 3.05) is 0 Å². The van der Waals surface area contributed by atoms with Crippen LogP contribution in [-0.4, -0.2) is 10.2 Å². The van der Waals surface area contributed by atoms with Crippen molar-refractivity contribution >= 4 is 10.8 Å². The first-order valence-electron chi connectivity index (χ1n) is 6.31. The molecule has 2 rings (SSSR count). The Balaban J connectivity index is 2.79. The van der Waals surface area contributed by atoms with Gasteiger partial charge in [-0.25, -0.2) is 4.57 Å². The molecular weight excluding hydrogens is 226 g/mol. The molecule has 1 aromatic carbocycles. The zero-order chi connectivity index (χ0) is 13.4. The van der Waals surface area contributed by atoms with Gasteiger partial charge in [0.2, 0.25) is 0 Å². The molecule has 0 saturated heterocycles. The van der Waals surface area contributed by atoms with Gasteiger partial charge in [0.1, 0.15) is 0 Å². The molecule has 3 heteroatoms. The Morgan fingerprint density at radius 1 is 1.11 bits per heavy atom. The van der Waals surface area contributed by atoms with Crippen molar-refractivity contribution in [3.05, 3.63) is 30.1 Å². The van der Waals surface area contributed by atoms with Crippen LogP contribution in [0.5, 0.6) is 11.5 Å². The molecule has 1 heterocycles. The second-order valence-corrected chi connectivity index (χ2v) is 5.30. The Labute approximate surface area is 107 Å². The first-order chi connectivity index (χ1) is 8.41. The van der Waals surface area contributed by atoms with Gasteiger partial charge in [-0.1, -0.05) is 13.8 Å². The van der Waals surface area contributed by atoms with Crippen LogP contribution in [0, 0.1) is 0 Å². The van der Waals surface area contributed by atoms with Crippen LogP contribution in [0.15, 0.2) is 24.5 Å². The van der Waals surface area contributed by atoms with Gasteiger partial charge in [0.05, 0.1) is 0 Å². The number of phenols is 2. The fourth-order valence-electron chi connectivity index (χ4n) is 2.28. The van der Waals surface area contributed by atoms with Crippen LogP contribution < -0.4 is 4.57 Å². The minimum Gasteiger partial charge on any atom is -0.504 e. The SMILES string of the molecule is CC(C)c1c(O)c(O)cc2c[n+](C(C)C)ccc12. The van der Waals surface area contributed by atoms with E-state index >= 15 is 0 Å². The summed E-state index contributed by atoms with van der Waals surface area (Å²) >= 11 is 0. The van der Waals surface area contributed by atoms with Gasteiger partial charge in [0.25, 0.3) is 0 Å². The third kappa shape index (κ3) is 2.01. The lowest BCUT2D eigenvalue weighted by atomic mass is 9.95. The number of hydrogen-bond acceptors (Lipinski definition) is 2. The maximum absolute atomic E-state index is 9.99. The Morgan fingerprint density at radius 3 is 2.33 bits per heavy atom. The third-order valence-corrected chi connectivity index (χ3v) is 3.27. The highest BCUT2D eigenvalue weighted by atomic mass is 16.3. The van der Waals surface area contributed by atoms with Gasteiger partial charge >= 0.3 is 0 Å². The molecule has 1 aromatic heterocycles. The number of aromatic nitrogens is 1. The van der Waals surface area contributed by atoms with Gasteiger partial charge in [-0.3, -0.25) is 0 Å². The van der Waals surface area contributed by atoms with Crippen LogP contribution >= 0.6 is 0 Å². The van der Waals surface area contributed by atoms with E-state index in [9.17, 15) is 10.2 Å². The quantitative estimate of drug-likeness (QED) is 0.631. The number of rotatable bonds is 2. The van der Waals surface area contributed by atoms with Crippen LogP contribution in [0.2, 0.25) is 0 Å². The number of phenolic OH excluding ortho intramolecular Hbond substituents is 2. The molecule has 0 radical (unpaired) electrons. The summed E-state index contributed by atoms with van der Waals surface area (Å²) in [5, 5.41) is 21.8. The van der Waals surface area contributed by atoms with E-state index in [1.54, 1.807) is 6.07 Å². The molecule has 2 aromatic rings. The normalized spacial score (nSPS) is 11.7. The van der Waals surface area contributed by atoms with Gasteiger partial charge in [-0.2, -0.15) is 0 Å². The summed E-state index contributed by atoms with van der Waals surface area (Å²) in [6, 6.07) is 3.99. The number of benzene rings is 1. The van der Waals surface area contributed by atoms with Crippen molar-refractivity contribution in [3.8, 4) is 11.5 Å². The molecule has 3 nitrogen and oxygen atoms in total. The summed E-state index contributed by atoms with van der Waals surface area (Å²) in [6.45, 7) is 8.24. The number of fused-ring (bicyclic) bond motifs is 1. The fraction of sp³-hybridized carbons (Fsp3) is 0.400. The summed E-state index contributed by atoms with van der Waals surface area (Å²) in [6.07, 6.45) is 4.01. The molecule has 0 aliphatic rings. The zero-order valence-electron chi connectivity index (χ0n) is 11.3. The predicted octanol–water partition coefficient (Wildman–Crippen LogP) is 3.24. The predicted molar refractivity (Wildman–Crippen MR) is 71.9 cm³/mol. The Kier molecular flexibility index (Phi) is 3.16. The molecule has 0 aliphatic carbocycles. The average molecular weight is 246 g/mol. The Hall–Kier alpha value is -1.77. The summed E-state index contributed by atoms with van der Waals surface area (Å²) < 4.78 is 2.09. The van der Waals surface area contributed by atoms with Gasteiger partial charge in [0, 0.05) is 22.4 Å². The molecule has 96 valence electrons. The molecule has 0 fully saturated rings. The maximum Gasteiger partial charge on any atom is 0.177 e. The van der Waals surface area contributed by atoms with Crippen molar-refractivity contribution in [1.82, 2.24) is 0 Å². The fourth-order valence-corrected chi connectivity index (χ4v) is 2.28. The standard InChI is InChI=1S/C15H19NO2/c1-9(2)14-12-5-6-16(10(3)4)8-11(12)7-13(17)15(14)18/h5-10,17H,1-4H3/p+1. The number of aromatic hydroxyl groups is 2. The van der Waals surface area contributed by atoms with Crippen LogP contribution in [0.4, 0.5) is 0 Å². The average Bonchev–Trinajstić information content (AvgIpc) is 2.29. The van der Waals surface area contributed by atoms with Crippen LogP contribution in [-0.2, 0) is 0 Å². The lowest BCUT2D eigenvalue weighted by molar-refractivity contribution is -0.715. The smallest absolute Gasteiger partial charge is 0.177 e. The van der Waals surface area contributed by atoms with Gasteiger partial charge in [-0.15, -0.1) is 0 Å². The highest BCUT2D eigenvalue weighted by Crippen LogP contribution is 2.39. The number of hydrogen-bond donors (Lipinski definition) is 2. The summed E-state index contributed by atoms with van der Waals surface area (Å²) in [5.74, 6) is 0.113. The summed E-state index contributed by atoms with van der Waals surface area (Å²) in [5.41, 5.74) is 0.806. The lowest BCUT2D eigenvalue weighted by Crippen LogP contribution is -2.34.